The molecule has 0 bridgehead atoms. The van der Waals surface area contributed by atoms with E-state index in [1.54, 1.807) is 18.9 Å². The average Bonchev–Trinajstić information content (AvgIpc) is 2.55. The maximum absolute atomic E-state index is 12.1. The normalized spacial score (nSPS) is 13.5. The van der Waals surface area contributed by atoms with E-state index in [4.69, 9.17) is 4.74 Å². The van der Waals surface area contributed by atoms with Gasteiger partial charge in [0, 0.05) is 30.8 Å². The van der Waals surface area contributed by atoms with Crippen LogP contribution < -0.4 is 15.4 Å². The third-order valence-electron chi connectivity index (χ3n) is 3.13. The molecule has 1 rings (SSSR count). The van der Waals surface area contributed by atoms with Gasteiger partial charge in [-0.2, -0.15) is 13.2 Å². The van der Waals surface area contributed by atoms with Gasteiger partial charge in [0.25, 0.3) is 0 Å². The first-order chi connectivity index (χ1) is 11.4. The molecule has 0 spiro atoms. The summed E-state index contributed by atoms with van der Waals surface area (Å²) in [6.45, 7) is 2.50. The third-order valence-corrected chi connectivity index (χ3v) is 4.52. The van der Waals surface area contributed by atoms with E-state index in [9.17, 15) is 13.2 Å². The first-order valence-electron chi connectivity index (χ1n) is 7.62. The number of hydrogen-bond acceptors (Lipinski definition) is 3. The Morgan fingerprint density at radius 1 is 1.29 bits per heavy atom. The molecule has 2 N–H and O–H groups in total. The van der Waals surface area contributed by atoms with Crippen molar-refractivity contribution in [3.8, 4) is 5.75 Å². The molecule has 8 heteroatoms. The second-order valence-corrected chi connectivity index (χ2v) is 6.37. The van der Waals surface area contributed by atoms with Gasteiger partial charge in [-0.05, 0) is 18.1 Å². The molecule has 4 nitrogen and oxygen atoms in total. The molecule has 1 aromatic carbocycles. The Bertz CT molecular complexity index is 524. The van der Waals surface area contributed by atoms with Gasteiger partial charge in [0.05, 0.1) is 13.5 Å². The van der Waals surface area contributed by atoms with E-state index in [1.165, 1.54) is 7.05 Å². The predicted octanol–water partition coefficient (Wildman–Crippen LogP) is 3.54. The SMILES string of the molecule is CN=C(NCCC(F)(F)F)NCC(C)CSc1ccccc1OC. The van der Waals surface area contributed by atoms with Gasteiger partial charge in [-0.3, -0.25) is 4.99 Å². The lowest BCUT2D eigenvalue weighted by molar-refractivity contribution is -0.132. The van der Waals surface area contributed by atoms with Gasteiger partial charge >= 0.3 is 6.18 Å². The maximum Gasteiger partial charge on any atom is 0.390 e. The first kappa shape index (κ1) is 20.5. The number of benzene rings is 1. The molecule has 0 radical (unpaired) electrons. The number of alkyl halides is 3. The van der Waals surface area contributed by atoms with Gasteiger partial charge in [0.2, 0.25) is 0 Å². The second-order valence-electron chi connectivity index (χ2n) is 5.31. The fraction of sp³-hybridized carbons (Fsp3) is 0.562. The minimum Gasteiger partial charge on any atom is -0.496 e. The fourth-order valence-corrected chi connectivity index (χ4v) is 2.89. The summed E-state index contributed by atoms with van der Waals surface area (Å²) in [5, 5.41) is 5.71. The zero-order valence-corrected chi connectivity index (χ0v) is 14.9. The van der Waals surface area contributed by atoms with E-state index in [-0.39, 0.29) is 6.54 Å². The van der Waals surface area contributed by atoms with E-state index in [1.807, 2.05) is 24.3 Å². The number of guanidine groups is 1. The van der Waals surface area contributed by atoms with E-state index < -0.39 is 12.6 Å². The standard InChI is InChI=1S/C16H24F3N3OS/c1-12(11-24-14-7-5-4-6-13(14)23-3)10-22-15(20-2)21-9-8-16(17,18)19/h4-7,12H,8-11H2,1-3H3,(H2,20,21,22). The molecule has 0 aliphatic rings. The van der Waals surface area contributed by atoms with E-state index in [0.29, 0.717) is 18.4 Å². The Labute approximate surface area is 145 Å². The second kappa shape index (κ2) is 10.3. The number of halogens is 3. The summed E-state index contributed by atoms with van der Waals surface area (Å²) in [6.07, 6.45) is -5.04. The molecule has 0 amide bonds. The largest absolute Gasteiger partial charge is 0.496 e. The maximum atomic E-state index is 12.1. The summed E-state index contributed by atoms with van der Waals surface area (Å²) in [5.41, 5.74) is 0. The molecule has 0 fully saturated rings. The number of nitrogens with zero attached hydrogens (tertiary/aromatic N) is 1. The minimum absolute atomic E-state index is 0.187. The molecule has 1 atom stereocenters. The van der Waals surface area contributed by atoms with Crippen molar-refractivity contribution in [2.75, 3.05) is 33.0 Å². The van der Waals surface area contributed by atoms with Crippen molar-refractivity contribution < 1.29 is 17.9 Å². The summed E-state index contributed by atoms with van der Waals surface area (Å²) >= 11 is 1.69. The van der Waals surface area contributed by atoms with Crippen LogP contribution in [0.25, 0.3) is 0 Å². The van der Waals surface area contributed by atoms with Crippen LogP contribution in [0.4, 0.5) is 13.2 Å². The highest BCUT2D eigenvalue weighted by molar-refractivity contribution is 7.99. The van der Waals surface area contributed by atoms with Crippen LogP contribution in [0.5, 0.6) is 5.75 Å². The molecule has 1 unspecified atom stereocenters. The molecule has 0 heterocycles. The number of ether oxygens (including phenoxy) is 1. The van der Waals surface area contributed by atoms with Crippen LogP contribution in [0.2, 0.25) is 0 Å². The Kier molecular flexibility index (Phi) is 8.81. The zero-order valence-electron chi connectivity index (χ0n) is 14.1. The van der Waals surface area contributed by atoms with Crippen LogP contribution in [0.1, 0.15) is 13.3 Å². The summed E-state index contributed by atoms with van der Waals surface area (Å²) < 4.78 is 41.7. The van der Waals surface area contributed by atoms with E-state index in [0.717, 1.165) is 16.4 Å². The average molecular weight is 363 g/mol. The van der Waals surface area contributed by atoms with Gasteiger partial charge in [-0.25, -0.2) is 0 Å². The number of para-hydroxylation sites is 1. The van der Waals surface area contributed by atoms with E-state index in [2.05, 4.69) is 22.5 Å². The Morgan fingerprint density at radius 3 is 2.62 bits per heavy atom. The number of thioether (sulfide) groups is 1. The third kappa shape index (κ3) is 8.33. The lowest BCUT2D eigenvalue weighted by Gasteiger charge is -2.17. The van der Waals surface area contributed by atoms with Gasteiger partial charge in [-0.15, -0.1) is 11.8 Å². The minimum atomic E-state index is -4.16. The van der Waals surface area contributed by atoms with Crippen molar-refractivity contribution >= 4 is 17.7 Å². The molecule has 0 aliphatic heterocycles. The quantitative estimate of drug-likeness (QED) is 0.421. The van der Waals surface area contributed by atoms with Crippen LogP contribution >= 0.6 is 11.8 Å². The summed E-state index contributed by atoms with van der Waals surface area (Å²) in [6, 6.07) is 7.80. The van der Waals surface area contributed by atoms with Gasteiger partial charge < -0.3 is 15.4 Å². The van der Waals surface area contributed by atoms with Gasteiger partial charge in [-0.1, -0.05) is 19.1 Å². The molecular formula is C16H24F3N3OS. The van der Waals surface area contributed by atoms with E-state index >= 15 is 0 Å². The van der Waals surface area contributed by atoms with Crippen molar-refractivity contribution in [3.05, 3.63) is 24.3 Å². The smallest absolute Gasteiger partial charge is 0.390 e. The molecular weight excluding hydrogens is 339 g/mol. The van der Waals surface area contributed by atoms with Crippen molar-refractivity contribution in [2.24, 2.45) is 10.9 Å². The Hall–Kier alpha value is -1.57. The van der Waals surface area contributed by atoms with Gasteiger partial charge in [0.1, 0.15) is 5.75 Å². The molecule has 136 valence electrons. The lowest BCUT2D eigenvalue weighted by atomic mass is 10.2. The van der Waals surface area contributed by atoms with Crippen LogP contribution in [-0.4, -0.2) is 45.1 Å². The predicted molar refractivity (Wildman–Crippen MR) is 92.9 cm³/mol. The number of nitrogens with one attached hydrogen (secondary N) is 2. The van der Waals surface area contributed by atoms with Gasteiger partial charge in [0.15, 0.2) is 5.96 Å². The topological polar surface area (TPSA) is 45.7 Å². The number of aliphatic imine (C=N–C) groups is 1. The van der Waals surface area contributed by atoms with Crippen molar-refractivity contribution in [1.29, 1.82) is 0 Å². The van der Waals surface area contributed by atoms with Crippen LogP contribution in [-0.2, 0) is 0 Å². The highest BCUT2D eigenvalue weighted by Gasteiger charge is 2.26. The fourth-order valence-electron chi connectivity index (χ4n) is 1.84. The molecule has 0 saturated carbocycles. The summed E-state index contributed by atoms with van der Waals surface area (Å²) in [7, 11) is 3.18. The van der Waals surface area contributed by atoms with Crippen LogP contribution in [0, 0.1) is 5.92 Å². The highest BCUT2D eigenvalue weighted by Crippen LogP contribution is 2.29. The monoisotopic (exact) mass is 363 g/mol. The molecule has 0 saturated heterocycles. The lowest BCUT2D eigenvalue weighted by Crippen LogP contribution is -2.41. The highest BCUT2D eigenvalue weighted by atomic mass is 32.2. The molecule has 1 aromatic rings. The first-order valence-corrected chi connectivity index (χ1v) is 8.61. The van der Waals surface area contributed by atoms with Crippen molar-refractivity contribution in [1.82, 2.24) is 10.6 Å². The summed E-state index contributed by atoms with van der Waals surface area (Å²) in [4.78, 5) is 4.99. The number of hydrogen-bond donors (Lipinski definition) is 2. The molecule has 24 heavy (non-hydrogen) atoms. The Balaban J connectivity index is 2.32. The number of methoxy groups -OCH3 is 1. The van der Waals surface area contributed by atoms with Crippen LogP contribution in [0.15, 0.2) is 34.2 Å². The molecule has 0 aliphatic carbocycles. The summed E-state index contributed by atoms with van der Waals surface area (Å²) in [5.74, 6) is 2.38. The molecule has 0 aromatic heterocycles. The van der Waals surface area contributed by atoms with Crippen molar-refractivity contribution in [3.63, 3.8) is 0 Å². The van der Waals surface area contributed by atoms with Crippen LogP contribution in [0.3, 0.4) is 0 Å². The zero-order chi connectivity index (χ0) is 18.0. The van der Waals surface area contributed by atoms with Crippen molar-refractivity contribution in [2.45, 2.75) is 24.4 Å². The number of rotatable bonds is 8. The Morgan fingerprint density at radius 2 is 2.00 bits per heavy atom.